The predicted molar refractivity (Wildman–Crippen MR) is 95.1 cm³/mol. The van der Waals surface area contributed by atoms with Gasteiger partial charge in [-0.15, -0.1) is 11.3 Å². The van der Waals surface area contributed by atoms with Gasteiger partial charge in [0.25, 0.3) is 11.8 Å². The molecule has 0 spiro atoms. The summed E-state index contributed by atoms with van der Waals surface area (Å²) >= 11 is 1.16. The number of hydrogen-bond donors (Lipinski definition) is 2. The van der Waals surface area contributed by atoms with Crippen molar-refractivity contribution in [2.24, 2.45) is 0 Å². The van der Waals surface area contributed by atoms with Crippen molar-refractivity contribution in [1.29, 1.82) is 0 Å². The van der Waals surface area contributed by atoms with Crippen LogP contribution in [-0.2, 0) is 13.1 Å². The van der Waals surface area contributed by atoms with E-state index in [-0.39, 0.29) is 11.8 Å². The molecule has 0 atom stereocenters. The zero-order valence-electron chi connectivity index (χ0n) is 13.3. The zero-order valence-corrected chi connectivity index (χ0v) is 14.1. The average molecular weight is 352 g/mol. The van der Waals surface area contributed by atoms with Crippen LogP contribution in [0.5, 0.6) is 0 Å². The number of nitrogens with zero attached hydrogens (tertiary/aromatic N) is 2. The van der Waals surface area contributed by atoms with Crippen molar-refractivity contribution in [1.82, 2.24) is 20.6 Å². The van der Waals surface area contributed by atoms with E-state index in [1.165, 1.54) is 0 Å². The van der Waals surface area contributed by atoms with Crippen LogP contribution in [0, 0.1) is 0 Å². The maximum Gasteiger partial charge on any atom is 0.261 e. The topological polar surface area (TPSA) is 84.0 Å². The number of aromatic nitrogens is 2. The Bertz CT molecular complexity index is 780. The van der Waals surface area contributed by atoms with E-state index < -0.39 is 0 Å². The minimum absolute atomic E-state index is 0.208. The molecule has 3 heterocycles. The van der Waals surface area contributed by atoms with Gasteiger partial charge in [0, 0.05) is 37.9 Å². The fourth-order valence-corrected chi connectivity index (χ4v) is 2.97. The quantitative estimate of drug-likeness (QED) is 0.713. The second kappa shape index (κ2) is 8.16. The Kier molecular flexibility index (Phi) is 5.48. The number of hydrogen-bond acceptors (Lipinski definition) is 5. The first-order chi connectivity index (χ1) is 12.2. The first-order valence-corrected chi connectivity index (χ1v) is 8.48. The van der Waals surface area contributed by atoms with Crippen LogP contribution in [0.3, 0.4) is 0 Å². The summed E-state index contributed by atoms with van der Waals surface area (Å²) in [6.07, 6.45) is 6.76. The Morgan fingerprint density at radius 3 is 1.68 bits per heavy atom. The van der Waals surface area contributed by atoms with Gasteiger partial charge in [-0.1, -0.05) is 12.1 Å². The maximum atomic E-state index is 12.2. The lowest BCUT2D eigenvalue weighted by Crippen LogP contribution is -2.22. The van der Waals surface area contributed by atoms with Gasteiger partial charge in [-0.25, -0.2) is 0 Å². The molecular weight excluding hydrogens is 336 g/mol. The number of amides is 2. The normalized spacial score (nSPS) is 10.2. The molecule has 2 amide bonds. The van der Waals surface area contributed by atoms with Crippen molar-refractivity contribution >= 4 is 23.2 Å². The molecule has 2 N–H and O–H groups in total. The number of carbonyl (C=O) groups is 2. The standard InChI is InChI=1S/C18H16N4O2S/c23-17(21-11-13-3-1-7-19-9-13)15-5-6-16(25-15)18(24)22-12-14-4-2-8-20-10-14/h1-10H,11-12H2,(H,21,23)(H,22,24). The average Bonchev–Trinajstić information content (AvgIpc) is 3.16. The molecule has 0 fully saturated rings. The molecule has 3 aromatic heterocycles. The Labute approximate surface area is 149 Å². The van der Waals surface area contributed by atoms with Gasteiger partial charge in [0.1, 0.15) is 0 Å². The van der Waals surface area contributed by atoms with Gasteiger partial charge in [0.2, 0.25) is 0 Å². The fourth-order valence-electron chi connectivity index (χ4n) is 2.13. The van der Waals surface area contributed by atoms with Gasteiger partial charge in [0.15, 0.2) is 0 Å². The van der Waals surface area contributed by atoms with Crippen molar-refractivity contribution in [3.63, 3.8) is 0 Å². The van der Waals surface area contributed by atoms with Crippen LogP contribution in [-0.4, -0.2) is 21.8 Å². The highest BCUT2D eigenvalue weighted by atomic mass is 32.1. The maximum absolute atomic E-state index is 12.2. The van der Waals surface area contributed by atoms with E-state index in [9.17, 15) is 9.59 Å². The van der Waals surface area contributed by atoms with Crippen LogP contribution in [0.25, 0.3) is 0 Å². The van der Waals surface area contributed by atoms with E-state index in [0.29, 0.717) is 22.8 Å². The summed E-state index contributed by atoms with van der Waals surface area (Å²) in [5.74, 6) is -0.416. The highest BCUT2D eigenvalue weighted by Crippen LogP contribution is 2.16. The van der Waals surface area contributed by atoms with Crippen LogP contribution in [0.4, 0.5) is 0 Å². The highest BCUT2D eigenvalue weighted by molar-refractivity contribution is 7.15. The van der Waals surface area contributed by atoms with Gasteiger partial charge >= 0.3 is 0 Å². The van der Waals surface area contributed by atoms with Gasteiger partial charge in [-0.2, -0.15) is 0 Å². The summed E-state index contributed by atoms with van der Waals surface area (Å²) in [6, 6.07) is 10.7. The van der Waals surface area contributed by atoms with E-state index in [4.69, 9.17) is 0 Å². The fraction of sp³-hybridized carbons (Fsp3) is 0.111. The molecule has 25 heavy (non-hydrogen) atoms. The first-order valence-electron chi connectivity index (χ1n) is 7.66. The van der Waals surface area contributed by atoms with Gasteiger partial charge in [0.05, 0.1) is 9.75 Å². The Hall–Kier alpha value is -3.06. The minimum atomic E-state index is -0.208. The summed E-state index contributed by atoms with van der Waals surface area (Å²) in [4.78, 5) is 33.3. The monoisotopic (exact) mass is 352 g/mol. The van der Waals surface area contributed by atoms with Crippen LogP contribution < -0.4 is 10.6 Å². The molecule has 0 radical (unpaired) electrons. The van der Waals surface area contributed by atoms with E-state index in [0.717, 1.165) is 22.5 Å². The molecular formula is C18H16N4O2S. The molecule has 126 valence electrons. The van der Waals surface area contributed by atoms with Gasteiger partial charge in [-0.3, -0.25) is 19.6 Å². The zero-order chi connectivity index (χ0) is 17.5. The lowest BCUT2D eigenvalue weighted by atomic mass is 10.3. The Balaban J connectivity index is 1.54. The van der Waals surface area contributed by atoms with Crippen LogP contribution >= 0.6 is 11.3 Å². The summed E-state index contributed by atoms with van der Waals surface area (Å²) < 4.78 is 0. The molecule has 3 aromatic rings. The number of rotatable bonds is 6. The highest BCUT2D eigenvalue weighted by Gasteiger charge is 2.13. The van der Waals surface area contributed by atoms with Crippen molar-refractivity contribution in [3.8, 4) is 0 Å². The molecule has 7 heteroatoms. The molecule has 3 rings (SSSR count). The van der Waals surface area contributed by atoms with Crippen molar-refractivity contribution < 1.29 is 9.59 Å². The third-order valence-electron chi connectivity index (χ3n) is 3.41. The summed E-state index contributed by atoms with van der Waals surface area (Å²) in [5, 5.41) is 5.63. The number of nitrogens with one attached hydrogen (secondary N) is 2. The minimum Gasteiger partial charge on any atom is -0.347 e. The van der Waals surface area contributed by atoms with Crippen LogP contribution in [0.15, 0.2) is 61.2 Å². The lowest BCUT2D eigenvalue weighted by molar-refractivity contribution is 0.0948. The van der Waals surface area contributed by atoms with Crippen molar-refractivity contribution in [3.05, 3.63) is 82.1 Å². The molecule has 0 saturated carbocycles. The van der Waals surface area contributed by atoms with E-state index in [2.05, 4.69) is 20.6 Å². The summed E-state index contributed by atoms with van der Waals surface area (Å²) in [7, 11) is 0. The van der Waals surface area contributed by atoms with E-state index in [1.54, 1.807) is 36.9 Å². The number of thiophene rings is 1. The number of carbonyl (C=O) groups excluding carboxylic acids is 2. The third-order valence-corrected chi connectivity index (χ3v) is 4.49. The largest absolute Gasteiger partial charge is 0.347 e. The van der Waals surface area contributed by atoms with Crippen molar-refractivity contribution in [2.45, 2.75) is 13.1 Å². The molecule has 0 unspecified atom stereocenters. The van der Waals surface area contributed by atoms with Crippen LogP contribution in [0.2, 0.25) is 0 Å². The Morgan fingerprint density at radius 2 is 1.28 bits per heavy atom. The van der Waals surface area contributed by atoms with E-state index >= 15 is 0 Å². The third kappa shape index (κ3) is 4.71. The molecule has 0 aliphatic carbocycles. The molecule has 0 saturated heterocycles. The first kappa shape index (κ1) is 16.8. The molecule has 0 bridgehead atoms. The molecule has 6 nitrogen and oxygen atoms in total. The van der Waals surface area contributed by atoms with Crippen LogP contribution in [0.1, 0.15) is 30.5 Å². The lowest BCUT2D eigenvalue weighted by Gasteiger charge is -2.03. The SMILES string of the molecule is O=C(NCc1cccnc1)c1ccc(C(=O)NCc2cccnc2)s1. The van der Waals surface area contributed by atoms with Gasteiger partial charge in [-0.05, 0) is 35.4 Å². The molecule has 0 aliphatic heterocycles. The Morgan fingerprint density at radius 1 is 0.800 bits per heavy atom. The predicted octanol–water partition coefficient (Wildman–Crippen LogP) is 2.40. The second-order valence-corrected chi connectivity index (χ2v) is 6.34. The summed E-state index contributed by atoms with van der Waals surface area (Å²) in [6.45, 7) is 0.792. The summed E-state index contributed by atoms with van der Waals surface area (Å²) in [5.41, 5.74) is 1.84. The van der Waals surface area contributed by atoms with E-state index in [1.807, 2.05) is 24.3 Å². The van der Waals surface area contributed by atoms with Crippen molar-refractivity contribution in [2.75, 3.05) is 0 Å². The second-order valence-electron chi connectivity index (χ2n) is 5.25. The van der Waals surface area contributed by atoms with Gasteiger partial charge < -0.3 is 10.6 Å². The number of pyridine rings is 2. The smallest absolute Gasteiger partial charge is 0.261 e. The molecule has 0 aromatic carbocycles. The molecule has 0 aliphatic rings.